The molecule has 0 heterocycles. The van der Waals surface area contributed by atoms with Crippen LogP contribution in [0.2, 0.25) is 0 Å². The molecule has 1 aromatic rings. The first kappa shape index (κ1) is 10.7. The highest BCUT2D eigenvalue weighted by Gasteiger charge is 2.04. The fourth-order valence-electron chi connectivity index (χ4n) is 1.22. The summed E-state index contributed by atoms with van der Waals surface area (Å²) < 4.78 is 0. The van der Waals surface area contributed by atoms with E-state index in [9.17, 15) is 0 Å². The molecule has 0 unspecified atom stereocenters. The zero-order valence-corrected chi connectivity index (χ0v) is 9.36. The second kappa shape index (κ2) is 4.73. The van der Waals surface area contributed by atoms with Crippen LogP contribution in [0.1, 0.15) is 11.1 Å². The van der Waals surface area contributed by atoms with Gasteiger partial charge in [-0.2, -0.15) is 0 Å². The minimum Gasteiger partial charge on any atom is -0.377 e. The van der Waals surface area contributed by atoms with E-state index in [-0.39, 0.29) is 0 Å². The number of rotatable bonds is 3. The van der Waals surface area contributed by atoms with Crippen molar-refractivity contribution in [2.75, 3.05) is 19.0 Å². The third-order valence-electron chi connectivity index (χ3n) is 1.93. The molecule has 0 radical (unpaired) electrons. The predicted molar refractivity (Wildman–Crippen MR) is 59.9 cm³/mol. The first-order chi connectivity index (χ1) is 6.19. The standard InChI is InChI=1S/C10H13Cl2N/c1-13(2)10-5-8(6-11)3-4-9(10)7-12/h3-5H,6-7H2,1-2H3. The predicted octanol–water partition coefficient (Wildman–Crippen LogP) is 3.23. The van der Waals surface area contributed by atoms with Crippen molar-refractivity contribution in [2.45, 2.75) is 11.8 Å². The summed E-state index contributed by atoms with van der Waals surface area (Å²) in [5, 5.41) is 0. The Hall–Kier alpha value is -0.400. The van der Waals surface area contributed by atoms with Crippen LogP contribution < -0.4 is 4.90 Å². The molecular weight excluding hydrogens is 205 g/mol. The molecule has 0 aromatic heterocycles. The molecule has 0 saturated heterocycles. The van der Waals surface area contributed by atoms with Crippen LogP contribution in [0.5, 0.6) is 0 Å². The van der Waals surface area contributed by atoms with E-state index in [1.807, 2.05) is 31.1 Å². The van der Waals surface area contributed by atoms with E-state index in [4.69, 9.17) is 23.2 Å². The number of hydrogen-bond donors (Lipinski definition) is 0. The lowest BCUT2D eigenvalue weighted by Crippen LogP contribution is -2.11. The van der Waals surface area contributed by atoms with Gasteiger partial charge >= 0.3 is 0 Å². The highest BCUT2D eigenvalue weighted by atomic mass is 35.5. The smallest absolute Gasteiger partial charge is 0.0494 e. The molecule has 0 aliphatic heterocycles. The Morgan fingerprint density at radius 1 is 1.15 bits per heavy atom. The Balaban J connectivity index is 3.10. The van der Waals surface area contributed by atoms with Crippen molar-refractivity contribution < 1.29 is 0 Å². The van der Waals surface area contributed by atoms with Crippen LogP contribution in [0.4, 0.5) is 5.69 Å². The van der Waals surface area contributed by atoms with Crippen LogP contribution >= 0.6 is 23.2 Å². The SMILES string of the molecule is CN(C)c1cc(CCl)ccc1CCl. The van der Waals surface area contributed by atoms with Gasteiger partial charge in [0, 0.05) is 31.5 Å². The fraction of sp³-hybridized carbons (Fsp3) is 0.400. The van der Waals surface area contributed by atoms with Gasteiger partial charge in [-0.05, 0) is 17.2 Å². The van der Waals surface area contributed by atoms with Gasteiger partial charge in [0.15, 0.2) is 0 Å². The van der Waals surface area contributed by atoms with Crippen LogP contribution in [0, 0.1) is 0 Å². The molecule has 0 aliphatic rings. The molecule has 3 heteroatoms. The van der Waals surface area contributed by atoms with Gasteiger partial charge in [-0.1, -0.05) is 12.1 Å². The Kier molecular flexibility index (Phi) is 3.89. The second-order valence-corrected chi connectivity index (χ2v) is 3.66. The lowest BCUT2D eigenvalue weighted by atomic mass is 10.1. The molecular formula is C10H13Cl2N. The quantitative estimate of drug-likeness (QED) is 0.704. The van der Waals surface area contributed by atoms with Gasteiger partial charge < -0.3 is 4.90 Å². The summed E-state index contributed by atoms with van der Waals surface area (Å²) in [6, 6.07) is 6.11. The minimum absolute atomic E-state index is 0.538. The van der Waals surface area contributed by atoms with Crippen LogP contribution in [-0.2, 0) is 11.8 Å². The highest BCUT2D eigenvalue weighted by Crippen LogP contribution is 2.22. The summed E-state index contributed by atoms with van der Waals surface area (Å²) in [4.78, 5) is 2.05. The monoisotopic (exact) mass is 217 g/mol. The van der Waals surface area contributed by atoms with E-state index in [1.54, 1.807) is 0 Å². The number of benzene rings is 1. The number of anilines is 1. The van der Waals surface area contributed by atoms with E-state index in [0.717, 1.165) is 16.8 Å². The number of hydrogen-bond acceptors (Lipinski definition) is 1. The maximum absolute atomic E-state index is 5.81. The third kappa shape index (κ3) is 2.52. The van der Waals surface area contributed by atoms with E-state index in [1.165, 1.54) is 0 Å². The van der Waals surface area contributed by atoms with Crippen LogP contribution in [-0.4, -0.2) is 14.1 Å². The van der Waals surface area contributed by atoms with Crippen molar-refractivity contribution in [3.05, 3.63) is 29.3 Å². The molecule has 0 atom stereocenters. The molecule has 72 valence electrons. The van der Waals surface area contributed by atoms with Crippen LogP contribution in [0.25, 0.3) is 0 Å². The van der Waals surface area contributed by atoms with Crippen molar-refractivity contribution in [1.82, 2.24) is 0 Å². The van der Waals surface area contributed by atoms with Crippen molar-refractivity contribution in [3.8, 4) is 0 Å². The van der Waals surface area contributed by atoms with E-state index < -0.39 is 0 Å². The van der Waals surface area contributed by atoms with Gasteiger partial charge in [-0.25, -0.2) is 0 Å². The van der Waals surface area contributed by atoms with Crippen molar-refractivity contribution >= 4 is 28.9 Å². The van der Waals surface area contributed by atoms with Gasteiger partial charge in [0.2, 0.25) is 0 Å². The molecule has 0 amide bonds. The third-order valence-corrected chi connectivity index (χ3v) is 2.53. The van der Waals surface area contributed by atoms with Gasteiger partial charge in [-0.3, -0.25) is 0 Å². The summed E-state index contributed by atoms with van der Waals surface area (Å²) in [5.41, 5.74) is 3.41. The van der Waals surface area contributed by atoms with Crippen LogP contribution in [0.3, 0.4) is 0 Å². The summed E-state index contributed by atoms with van der Waals surface area (Å²) in [7, 11) is 4.01. The fourth-order valence-corrected chi connectivity index (χ4v) is 1.61. The molecule has 0 bridgehead atoms. The molecule has 13 heavy (non-hydrogen) atoms. The molecule has 1 aromatic carbocycles. The number of halogens is 2. The number of alkyl halides is 2. The molecule has 0 fully saturated rings. The van der Waals surface area contributed by atoms with Gasteiger partial charge in [-0.15, -0.1) is 23.2 Å². The second-order valence-electron chi connectivity index (χ2n) is 3.12. The first-order valence-corrected chi connectivity index (χ1v) is 5.17. The van der Waals surface area contributed by atoms with Crippen molar-refractivity contribution in [1.29, 1.82) is 0 Å². The van der Waals surface area contributed by atoms with Gasteiger partial charge in [0.05, 0.1) is 0 Å². The maximum atomic E-state index is 5.81. The normalized spacial score (nSPS) is 10.2. The van der Waals surface area contributed by atoms with E-state index in [0.29, 0.717) is 11.8 Å². The van der Waals surface area contributed by atoms with E-state index in [2.05, 4.69) is 6.07 Å². The summed E-state index contributed by atoms with van der Waals surface area (Å²) in [6.45, 7) is 0. The Morgan fingerprint density at radius 2 is 1.85 bits per heavy atom. The number of nitrogens with zero attached hydrogens (tertiary/aromatic N) is 1. The molecule has 0 spiro atoms. The highest BCUT2D eigenvalue weighted by molar-refractivity contribution is 6.18. The summed E-state index contributed by atoms with van der Waals surface area (Å²) >= 11 is 11.6. The topological polar surface area (TPSA) is 3.24 Å². The van der Waals surface area contributed by atoms with Crippen LogP contribution in [0.15, 0.2) is 18.2 Å². The largest absolute Gasteiger partial charge is 0.377 e. The van der Waals surface area contributed by atoms with Gasteiger partial charge in [0.1, 0.15) is 0 Å². The first-order valence-electron chi connectivity index (χ1n) is 4.10. The van der Waals surface area contributed by atoms with Crippen molar-refractivity contribution in [3.63, 3.8) is 0 Å². The maximum Gasteiger partial charge on any atom is 0.0494 e. The Bertz CT molecular complexity index is 284. The average molecular weight is 218 g/mol. The van der Waals surface area contributed by atoms with E-state index >= 15 is 0 Å². The average Bonchev–Trinajstić information content (AvgIpc) is 2.16. The summed E-state index contributed by atoms with van der Waals surface area (Å²) in [5.74, 6) is 1.08. The van der Waals surface area contributed by atoms with Crippen molar-refractivity contribution in [2.24, 2.45) is 0 Å². The molecule has 1 nitrogen and oxygen atoms in total. The summed E-state index contributed by atoms with van der Waals surface area (Å²) in [6.07, 6.45) is 0. The molecule has 0 aliphatic carbocycles. The Morgan fingerprint density at radius 3 is 2.31 bits per heavy atom. The molecule has 1 rings (SSSR count). The lowest BCUT2D eigenvalue weighted by Gasteiger charge is -2.17. The molecule has 0 N–H and O–H groups in total. The zero-order chi connectivity index (χ0) is 9.84. The molecule has 0 saturated carbocycles. The lowest BCUT2D eigenvalue weighted by molar-refractivity contribution is 1.10. The minimum atomic E-state index is 0.538. The zero-order valence-electron chi connectivity index (χ0n) is 7.85. The van der Waals surface area contributed by atoms with Gasteiger partial charge in [0.25, 0.3) is 0 Å². The Labute approximate surface area is 89.3 Å².